The van der Waals surface area contributed by atoms with Crippen LogP contribution in [0.3, 0.4) is 0 Å². The lowest BCUT2D eigenvalue weighted by Gasteiger charge is -2.13. The second-order valence-electron chi connectivity index (χ2n) is 5.18. The van der Waals surface area contributed by atoms with Crippen molar-refractivity contribution in [1.29, 1.82) is 0 Å². The predicted octanol–water partition coefficient (Wildman–Crippen LogP) is 3.89. The standard InChI is InChI=1S/C16H26ClNO2/c1-4-18-12-14-11-15(17)5-6-16(14)20-10-9-19-8-7-13(2)3/h5-6,11,13,18H,4,7-10,12H2,1-3H3. The van der Waals surface area contributed by atoms with Crippen molar-refractivity contribution < 1.29 is 9.47 Å². The molecule has 0 aliphatic carbocycles. The minimum Gasteiger partial charge on any atom is -0.491 e. The highest BCUT2D eigenvalue weighted by Gasteiger charge is 2.04. The molecule has 0 fully saturated rings. The second kappa shape index (κ2) is 10.0. The van der Waals surface area contributed by atoms with Crippen LogP contribution in [0.5, 0.6) is 5.75 Å². The Morgan fingerprint density at radius 1 is 1.20 bits per heavy atom. The van der Waals surface area contributed by atoms with E-state index in [0.717, 1.165) is 42.5 Å². The van der Waals surface area contributed by atoms with Crippen LogP contribution >= 0.6 is 11.6 Å². The Morgan fingerprint density at radius 3 is 2.70 bits per heavy atom. The van der Waals surface area contributed by atoms with E-state index in [0.29, 0.717) is 19.1 Å². The molecule has 0 bridgehead atoms. The lowest BCUT2D eigenvalue weighted by molar-refractivity contribution is 0.0922. The molecule has 1 N–H and O–H groups in total. The molecule has 0 unspecified atom stereocenters. The van der Waals surface area contributed by atoms with Gasteiger partial charge in [-0.1, -0.05) is 32.4 Å². The maximum Gasteiger partial charge on any atom is 0.124 e. The summed E-state index contributed by atoms with van der Waals surface area (Å²) in [7, 11) is 0. The first kappa shape index (κ1) is 17.3. The first-order valence-corrected chi connectivity index (χ1v) is 7.71. The van der Waals surface area contributed by atoms with E-state index < -0.39 is 0 Å². The summed E-state index contributed by atoms with van der Waals surface area (Å²) in [4.78, 5) is 0. The summed E-state index contributed by atoms with van der Waals surface area (Å²) in [5, 5.41) is 4.02. The van der Waals surface area contributed by atoms with Crippen molar-refractivity contribution in [3.05, 3.63) is 28.8 Å². The second-order valence-corrected chi connectivity index (χ2v) is 5.61. The zero-order valence-electron chi connectivity index (χ0n) is 12.7. The van der Waals surface area contributed by atoms with Gasteiger partial charge in [-0.3, -0.25) is 0 Å². The Bertz CT molecular complexity index is 383. The third-order valence-electron chi connectivity index (χ3n) is 2.91. The molecular formula is C16H26ClNO2. The molecule has 0 heterocycles. The molecule has 114 valence electrons. The van der Waals surface area contributed by atoms with Gasteiger partial charge in [0.15, 0.2) is 0 Å². The molecule has 0 saturated heterocycles. The van der Waals surface area contributed by atoms with Gasteiger partial charge >= 0.3 is 0 Å². The molecule has 0 aromatic heterocycles. The maximum absolute atomic E-state index is 6.02. The van der Waals surface area contributed by atoms with Crippen LogP contribution < -0.4 is 10.1 Å². The molecule has 0 aliphatic heterocycles. The van der Waals surface area contributed by atoms with Gasteiger partial charge in [-0.2, -0.15) is 0 Å². The summed E-state index contributed by atoms with van der Waals surface area (Å²) in [6.07, 6.45) is 1.09. The quantitative estimate of drug-likeness (QED) is 0.665. The van der Waals surface area contributed by atoms with Crippen LogP contribution in [0.15, 0.2) is 18.2 Å². The van der Waals surface area contributed by atoms with Crippen molar-refractivity contribution in [3.63, 3.8) is 0 Å². The highest BCUT2D eigenvalue weighted by Crippen LogP contribution is 2.22. The number of benzene rings is 1. The monoisotopic (exact) mass is 299 g/mol. The van der Waals surface area contributed by atoms with Crippen LogP contribution in [0, 0.1) is 5.92 Å². The van der Waals surface area contributed by atoms with E-state index >= 15 is 0 Å². The average molecular weight is 300 g/mol. The Labute approximate surface area is 127 Å². The summed E-state index contributed by atoms with van der Waals surface area (Å²) in [6.45, 7) is 10.1. The van der Waals surface area contributed by atoms with Gasteiger partial charge in [0.05, 0.1) is 6.61 Å². The van der Waals surface area contributed by atoms with Crippen LogP contribution in [0.4, 0.5) is 0 Å². The summed E-state index contributed by atoms with van der Waals surface area (Å²) < 4.78 is 11.3. The maximum atomic E-state index is 6.02. The van der Waals surface area contributed by atoms with Crippen molar-refractivity contribution in [2.45, 2.75) is 33.7 Å². The van der Waals surface area contributed by atoms with Gasteiger partial charge < -0.3 is 14.8 Å². The van der Waals surface area contributed by atoms with Gasteiger partial charge in [-0.15, -0.1) is 0 Å². The first-order valence-electron chi connectivity index (χ1n) is 7.33. The molecular weight excluding hydrogens is 274 g/mol. The van der Waals surface area contributed by atoms with E-state index in [4.69, 9.17) is 21.1 Å². The molecule has 0 amide bonds. The smallest absolute Gasteiger partial charge is 0.124 e. The Kier molecular flexibility index (Phi) is 8.67. The number of hydrogen-bond donors (Lipinski definition) is 1. The fourth-order valence-corrected chi connectivity index (χ4v) is 1.91. The van der Waals surface area contributed by atoms with E-state index in [1.807, 2.05) is 18.2 Å². The molecule has 1 rings (SSSR count). The summed E-state index contributed by atoms with van der Waals surface area (Å²) in [6, 6.07) is 5.72. The molecule has 3 nitrogen and oxygen atoms in total. The molecule has 0 atom stereocenters. The number of ether oxygens (including phenoxy) is 2. The first-order chi connectivity index (χ1) is 9.63. The molecule has 0 saturated carbocycles. The van der Waals surface area contributed by atoms with Gasteiger partial charge in [0, 0.05) is 23.7 Å². The summed E-state index contributed by atoms with van der Waals surface area (Å²) >= 11 is 6.02. The van der Waals surface area contributed by atoms with Crippen molar-refractivity contribution in [2.75, 3.05) is 26.4 Å². The number of rotatable bonds is 10. The highest BCUT2D eigenvalue weighted by molar-refractivity contribution is 6.30. The number of halogens is 1. The van der Waals surface area contributed by atoms with Crippen LogP contribution in [0.1, 0.15) is 32.8 Å². The van der Waals surface area contributed by atoms with E-state index in [2.05, 4.69) is 26.1 Å². The van der Waals surface area contributed by atoms with Gasteiger partial charge in [0.1, 0.15) is 12.4 Å². The Morgan fingerprint density at radius 2 is 2.00 bits per heavy atom. The summed E-state index contributed by atoms with van der Waals surface area (Å²) in [5.74, 6) is 1.56. The minimum atomic E-state index is 0.568. The predicted molar refractivity (Wildman–Crippen MR) is 84.6 cm³/mol. The van der Waals surface area contributed by atoms with Crippen LogP contribution in [0.2, 0.25) is 5.02 Å². The topological polar surface area (TPSA) is 30.5 Å². The SMILES string of the molecule is CCNCc1cc(Cl)ccc1OCCOCCC(C)C. The normalized spacial score (nSPS) is 11.1. The Balaban J connectivity index is 2.35. The third-order valence-corrected chi connectivity index (χ3v) is 3.15. The molecule has 1 aromatic carbocycles. The molecule has 1 aromatic rings. The zero-order valence-corrected chi connectivity index (χ0v) is 13.5. The number of nitrogens with one attached hydrogen (secondary N) is 1. The average Bonchev–Trinajstić information content (AvgIpc) is 2.41. The van der Waals surface area contributed by atoms with Crippen molar-refractivity contribution in [3.8, 4) is 5.75 Å². The minimum absolute atomic E-state index is 0.568. The molecule has 0 radical (unpaired) electrons. The van der Waals surface area contributed by atoms with Crippen LogP contribution in [-0.2, 0) is 11.3 Å². The van der Waals surface area contributed by atoms with E-state index in [9.17, 15) is 0 Å². The van der Waals surface area contributed by atoms with E-state index in [-0.39, 0.29) is 0 Å². The largest absolute Gasteiger partial charge is 0.491 e. The van der Waals surface area contributed by atoms with Gasteiger partial charge in [-0.25, -0.2) is 0 Å². The summed E-state index contributed by atoms with van der Waals surface area (Å²) in [5.41, 5.74) is 1.08. The molecule has 4 heteroatoms. The van der Waals surface area contributed by atoms with Gasteiger partial charge in [0.2, 0.25) is 0 Å². The molecule has 20 heavy (non-hydrogen) atoms. The lowest BCUT2D eigenvalue weighted by Crippen LogP contribution is -2.14. The Hall–Kier alpha value is -0.770. The van der Waals surface area contributed by atoms with Crippen molar-refractivity contribution in [1.82, 2.24) is 5.32 Å². The zero-order chi connectivity index (χ0) is 14.8. The van der Waals surface area contributed by atoms with Gasteiger partial charge in [-0.05, 0) is 37.1 Å². The fourth-order valence-electron chi connectivity index (χ4n) is 1.72. The van der Waals surface area contributed by atoms with Gasteiger partial charge in [0.25, 0.3) is 0 Å². The number of hydrogen-bond acceptors (Lipinski definition) is 3. The molecule has 0 spiro atoms. The van der Waals surface area contributed by atoms with Crippen LogP contribution in [0.25, 0.3) is 0 Å². The highest BCUT2D eigenvalue weighted by atomic mass is 35.5. The van der Waals surface area contributed by atoms with E-state index in [1.165, 1.54) is 0 Å². The van der Waals surface area contributed by atoms with Crippen LogP contribution in [-0.4, -0.2) is 26.4 Å². The van der Waals surface area contributed by atoms with Crippen molar-refractivity contribution in [2.24, 2.45) is 5.92 Å². The third kappa shape index (κ3) is 7.13. The van der Waals surface area contributed by atoms with E-state index in [1.54, 1.807) is 0 Å². The van der Waals surface area contributed by atoms with Crippen molar-refractivity contribution >= 4 is 11.6 Å². The molecule has 0 aliphatic rings. The fraction of sp³-hybridized carbons (Fsp3) is 0.625. The lowest BCUT2D eigenvalue weighted by atomic mass is 10.1.